The second-order valence-electron chi connectivity index (χ2n) is 6.96. The first kappa shape index (κ1) is 28.9. The molecule has 4 aromatic rings. The van der Waals surface area contributed by atoms with Crippen molar-refractivity contribution in [1.82, 2.24) is 15.2 Å². The largest absolute Gasteiger partial charge is 0.490 e. The lowest BCUT2D eigenvalue weighted by molar-refractivity contribution is -0.192. The van der Waals surface area contributed by atoms with E-state index in [1.165, 1.54) is 23.7 Å². The first-order valence-corrected chi connectivity index (χ1v) is 13.0. The molecule has 38 heavy (non-hydrogen) atoms. The van der Waals surface area contributed by atoms with Gasteiger partial charge in [-0.3, -0.25) is 4.72 Å². The van der Waals surface area contributed by atoms with E-state index in [-0.39, 0.29) is 20.8 Å². The minimum atomic E-state index is -5.08. The minimum absolute atomic E-state index is 0.0433. The average molecular weight is 608 g/mol. The van der Waals surface area contributed by atoms with Gasteiger partial charge in [0.2, 0.25) is 5.13 Å². The number of carboxylic acid groups (broad SMARTS) is 1. The Kier molecular flexibility index (Phi) is 8.98. The fourth-order valence-corrected chi connectivity index (χ4v) is 4.85. The van der Waals surface area contributed by atoms with Gasteiger partial charge in [-0.1, -0.05) is 34.5 Å². The molecule has 0 radical (unpaired) electrons. The van der Waals surface area contributed by atoms with Crippen molar-refractivity contribution in [2.45, 2.75) is 11.1 Å². The number of hydrogen-bond acceptors (Lipinski definition) is 9. The minimum Gasteiger partial charge on any atom is -0.475 e. The molecule has 0 amide bonds. The number of ether oxygens (including phenoxy) is 1. The maximum absolute atomic E-state index is 12.5. The van der Waals surface area contributed by atoms with Crippen LogP contribution in [0.3, 0.4) is 0 Å². The highest BCUT2D eigenvalue weighted by Crippen LogP contribution is 2.38. The van der Waals surface area contributed by atoms with Gasteiger partial charge in [-0.15, -0.1) is 10.2 Å². The first-order valence-electron chi connectivity index (χ1n) is 9.84. The normalized spacial score (nSPS) is 11.3. The molecule has 0 saturated heterocycles. The maximum Gasteiger partial charge on any atom is 0.490 e. The molecule has 0 fully saturated rings. The third-order valence-electron chi connectivity index (χ3n) is 4.29. The molecule has 0 aliphatic rings. The lowest BCUT2D eigenvalue weighted by Gasteiger charge is -2.14. The average Bonchev–Trinajstić information content (AvgIpc) is 3.33. The molecule has 4 rings (SSSR count). The van der Waals surface area contributed by atoms with Gasteiger partial charge in [0, 0.05) is 16.8 Å². The van der Waals surface area contributed by atoms with Gasteiger partial charge in [-0.25, -0.2) is 18.2 Å². The highest BCUT2D eigenvalue weighted by molar-refractivity contribution is 7.93. The SMILES string of the molecule is Nc1cc(-c2cc(Cl)ccc2Oc2ccc(S(=O)(=O)Nc3nncs3)cc2Cl)ccn1.O=C(O)C(F)(F)F. The molecule has 0 unspecified atom stereocenters. The van der Waals surface area contributed by atoms with Crippen molar-refractivity contribution < 1.29 is 36.2 Å². The zero-order chi connectivity index (χ0) is 28.1. The Hall–Kier alpha value is -3.66. The van der Waals surface area contributed by atoms with Crippen molar-refractivity contribution in [3.8, 4) is 22.6 Å². The Bertz CT molecular complexity index is 1560. The quantitative estimate of drug-likeness (QED) is 0.249. The van der Waals surface area contributed by atoms with E-state index in [4.69, 9.17) is 43.6 Å². The Labute approximate surface area is 226 Å². The summed E-state index contributed by atoms with van der Waals surface area (Å²) in [6.07, 6.45) is -3.51. The van der Waals surface area contributed by atoms with Gasteiger partial charge in [-0.2, -0.15) is 13.2 Å². The number of alkyl halides is 3. The van der Waals surface area contributed by atoms with E-state index in [1.807, 2.05) is 0 Å². The van der Waals surface area contributed by atoms with Gasteiger partial charge in [-0.05, 0) is 54.1 Å². The number of nitrogens with two attached hydrogens (primary N) is 1. The summed E-state index contributed by atoms with van der Waals surface area (Å²) < 4.78 is 65.1. The molecule has 200 valence electrons. The maximum atomic E-state index is 12.5. The van der Waals surface area contributed by atoms with Crippen LogP contribution in [0.4, 0.5) is 24.1 Å². The van der Waals surface area contributed by atoms with E-state index in [0.717, 1.165) is 16.9 Å². The molecule has 4 N–H and O–H groups in total. The smallest absolute Gasteiger partial charge is 0.475 e. The number of nitrogens with zero attached hydrogens (tertiary/aromatic N) is 3. The molecule has 0 saturated carbocycles. The Morgan fingerprint density at radius 1 is 1.08 bits per heavy atom. The zero-order valence-electron chi connectivity index (χ0n) is 18.5. The first-order chi connectivity index (χ1) is 17.8. The molecular weight excluding hydrogens is 594 g/mol. The molecule has 10 nitrogen and oxygen atoms in total. The summed E-state index contributed by atoms with van der Waals surface area (Å²) in [6, 6.07) is 12.7. The van der Waals surface area contributed by atoms with Crippen LogP contribution in [0.1, 0.15) is 0 Å². The van der Waals surface area contributed by atoms with E-state index in [0.29, 0.717) is 22.2 Å². The van der Waals surface area contributed by atoms with Gasteiger partial charge >= 0.3 is 12.1 Å². The number of carbonyl (C=O) groups is 1. The second-order valence-corrected chi connectivity index (χ2v) is 10.3. The Morgan fingerprint density at radius 2 is 1.76 bits per heavy atom. The molecule has 2 aromatic heterocycles. The highest BCUT2D eigenvalue weighted by Gasteiger charge is 2.38. The third kappa shape index (κ3) is 7.67. The topological polar surface area (TPSA) is 157 Å². The van der Waals surface area contributed by atoms with Crippen molar-refractivity contribution >= 4 is 61.5 Å². The number of carboxylic acids is 1. The lowest BCUT2D eigenvalue weighted by Crippen LogP contribution is -2.21. The number of anilines is 2. The highest BCUT2D eigenvalue weighted by atomic mass is 35.5. The number of nitrogens with one attached hydrogen (secondary N) is 1. The molecule has 0 aliphatic heterocycles. The molecular formula is C21H14Cl2F3N5O5S2. The Balaban J connectivity index is 0.000000505. The Morgan fingerprint density at radius 3 is 2.34 bits per heavy atom. The van der Waals surface area contributed by atoms with Crippen molar-refractivity contribution in [2.75, 3.05) is 10.5 Å². The van der Waals surface area contributed by atoms with Crippen LogP contribution in [0.2, 0.25) is 10.0 Å². The van der Waals surface area contributed by atoms with Crippen molar-refractivity contribution in [1.29, 1.82) is 0 Å². The van der Waals surface area contributed by atoms with E-state index in [9.17, 15) is 21.6 Å². The van der Waals surface area contributed by atoms with Crippen molar-refractivity contribution in [3.63, 3.8) is 0 Å². The molecule has 0 aliphatic carbocycles. The van der Waals surface area contributed by atoms with Crippen molar-refractivity contribution in [3.05, 3.63) is 70.3 Å². The van der Waals surface area contributed by atoms with Crippen molar-refractivity contribution in [2.24, 2.45) is 0 Å². The van der Waals surface area contributed by atoms with Crippen LogP contribution in [0.5, 0.6) is 11.5 Å². The summed E-state index contributed by atoms with van der Waals surface area (Å²) in [4.78, 5) is 12.8. The number of aromatic nitrogens is 3. The molecule has 17 heteroatoms. The predicted octanol–water partition coefficient (Wildman–Crippen LogP) is 5.72. The zero-order valence-corrected chi connectivity index (χ0v) is 21.6. The summed E-state index contributed by atoms with van der Waals surface area (Å²) in [5, 5.41) is 15.2. The fraction of sp³-hybridized carbons (Fsp3) is 0.0476. The number of aliphatic carboxylic acids is 1. The van der Waals surface area contributed by atoms with E-state index < -0.39 is 22.2 Å². The molecule has 0 spiro atoms. The molecule has 2 aromatic carbocycles. The number of pyridine rings is 1. The van der Waals surface area contributed by atoms with Crippen LogP contribution in [-0.2, 0) is 14.8 Å². The van der Waals surface area contributed by atoms with Gasteiger partial charge in [0.05, 0.1) is 9.92 Å². The fourth-order valence-electron chi connectivity index (χ4n) is 2.67. The van der Waals surface area contributed by atoms with E-state index >= 15 is 0 Å². The van der Waals surface area contributed by atoms with E-state index in [1.54, 1.807) is 36.5 Å². The second kappa shape index (κ2) is 11.8. The van der Waals surface area contributed by atoms with Gasteiger partial charge in [0.1, 0.15) is 22.8 Å². The van der Waals surface area contributed by atoms with Crippen LogP contribution < -0.4 is 15.2 Å². The van der Waals surface area contributed by atoms with Crippen LogP contribution in [0, 0.1) is 0 Å². The van der Waals surface area contributed by atoms with Crippen LogP contribution in [0.25, 0.3) is 11.1 Å². The molecule has 2 heterocycles. The predicted molar refractivity (Wildman–Crippen MR) is 135 cm³/mol. The van der Waals surface area contributed by atoms with Gasteiger partial charge in [0.15, 0.2) is 0 Å². The summed E-state index contributed by atoms with van der Waals surface area (Å²) in [7, 11) is -3.88. The number of rotatable bonds is 6. The van der Waals surface area contributed by atoms with Crippen LogP contribution >= 0.6 is 34.5 Å². The number of sulfonamides is 1. The van der Waals surface area contributed by atoms with E-state index in [2.05, 4.69) is 19.9 Å². The lowest BCUT2D eigenvalue weighted by atomic mass is 10.1. The third-order valence-corrected chi connectivity index (χ3v) is 6.89. The summed E-state index contributed by atoms with van der Waals surface area (Å²) >= 11 is 13.5. The number of benzene rings is 2. The number of halogens is 5. The number of nitrogen functional groups attached to an aromatic ring is 1. The summed E-state index contributed by atoms with van der Waals surface area (Å²) in [5.41, 5.74) is 8.63. The van der Waals surface area contributed by atoms with Gasteiger partial charge < -0.3 is 15.6 Å². The molecule has 0 atom stereocenters. The van der Waals surface area contributed by atoms with Gasteiger partial charge in [0.25, 0.3) is 10.0 Å². The monoisotopic (exact) mass is 607 g/mol. The number of hydrogen-bond donors (Lipinski definition) is 3. The van der Waals surface area contributed by atoms with Crippen LogP contribution in [0.15, 0.2) is 65.1 Å². The summed E-state index contributed by atoms with van der Waals surface area (Å²) in [6.45, 7) is 0. The summed E-state index contributed by atoms with van der Waals surface area (Å²) in [5.74, 6) is -1.69. The standard InChI is InChI=1S/C19H13Cl2N5O3S2.C2HF3O2/c20-12-1-3-16(14(8-12)11-5-6-23-18(22)7-11)29-17-4-2-13(9-15(17)21)31(27,28)26-19-25-24-10-30-19;3-2(4,5)1(6)7/h1-10H,(H2,22,23)(H,25,26);(H,6,7). The molecule has 0 bridgehead atoms. The van der Waals surface area contributed by atoms with Crippen LogP contribution in [-0.4, -0.2) is 40.9 Å².